The molecule has 4 rings (SSSR count). The van der Waals surface area contributed by atoms with Crippen LogP contribution < -0.4 is 4.90 Å². The molecule has 3 heterocycles. The number of nitrogens with zero attached hydrogens (tertiary/aromatic N) is 4. The summed E-state index contributed by atoms with van der Waals surface area (Å²) in [7, 11) is 1.72. The number of aromatic amines is 1. The monoisotopic (exact) mass is 285 g/mol. The number of para-hydroxylation sites is 2. The molecule has 1 N–H and O–H groups in total. The lowest BCUT2D eigenvalue weighted by Crippen LogP contribution is -2.25. The first-order valence-electron chi connectivity index (χ1n) is 6.85. The summed E-state index contributed by atoms with van der Waals surface area (Å²) in [5.41, 5.74) is 1.63. The maximum Gasteiger partial charge on any atom is 0.299 e. The molecule has 108 valence electrons. The van der Waals surface area contributed by atoms with Crippen molar-refractivity contribution in [1.82, 2.24) is 20.2 Å². The molecule has 1 fully saturated rings. The van der Waals surface area contributed by atoms with Gasteiger partial charge in [-0.05, 0) is 12.1 Å². The van der Waals surface area contributed by atoms with E-state index < -0.39 is 0 Å². The van der Waals surface area contributed by atoms with Gasteiger partial charge in [0.2, 0.25) is 0 Å². The number of nitrogens with one attached hydrogen (secondary N) is 1. The number of hydrogen-bond donors (Lipinski definition) is 1. The number of oxazole rings is 1. The molecule has 0 aliphatic carbocycles. The highest BCUT2D eigenvalue weighted by Gasteiger charge is 2.37. The lowest BCUT2D eigenvalue weighted by molar-refractivity contribution is 0.118. The zero-order chi connectivity index (χ0) is 14.2. The van der Waals surface area contributed by atoms with E-state index in [2.05, 4.69) is 25.1 Å². The topological polar surface area (TPSA) is 80.1 Å². The van der Waals surface area contributed by atoms with Crippen LogP contribution in [0.4, 0.5) is 6.01 Å². The molecular weight excluding hydrogens is 270 g/mol. The molecule has 2 atom stereocenters. The smallest absolute Gasteiger partial charge is 0.299 e. The number of ether oxygens (including phenoxy) is 1. The van der Waals surface area contributed by atoms with E-state index >= 15 is 0 Å². The standard InChI is InChI=1S/C14H15N5O2/c1-20-9-6-11(13-15-8-16-18-13)19(7-9)14-17-10-4-2-3-5-12(10)21-14/h2-5,8-9,11H,6-7H2,1H3,(H,15,16,18)/t9-,11+/m1/s1. The number of anilines is 1. The fraction of sp³-hybridized carbons (Fsp3) is 0.357. The lowest BCUT2D eigenvalue weighted by atomic mass is 10.2. The second-order valence-electron chi connectivity index (χ2n) is 5.10. The first kappa shape index (κ1) is 12.3. The molecule has 1 aliphatic heterocycles. The van der Waals surface area contributed by atoms with Gasteiger partial charge >= 0.3 is 0 Å². The zero-order valence-electron chi connectivity index (χ0n) is 11.6. The van der Waals surface area contributed by atoms with Crippen molar-refractivity contribution in [1.29, 1.82) is 0 Å². The third kappa shape index (κ3) is 2.06. The van der Waals surface area contributed by atoms with Gasteiger partial charge in [-0.25, -0.2) is 4.98 Å². The molecule has 0 bridgehead atoms. The van der Waals surface area contributed by atoms with Gasteiger partial charge in [-0.15, -0.1) is 0 Å². The summed E-state index contributed by atoms with van der Waals surface area (Å²) < 4.78 is 11.4. The molecule has 0 radical (unpaired) electrons. The molecular formula is C14H15N5O2. The van der Waals surface area contributed by atoms with Gasteiger partial charge in [-0.1, -0.05) is 12.1 Å². The minimum atomic E-state index is 0.0329. The Labute approximate surface area is 120 Å². The van der Waals surface area contributed by atoms with E-state index in [1.807, 2.05) is 24.3 Å². The molecule has 3 aromatic rings. The van der Waals surface area contributed by atoms with E-state index in [9.17, 15) is 0 Å². The maximum absolute atomic E-state index is 5.87. The molecule has 7 nitrogen and oxygen atoms in total. The van der Waals surface area contributed by atoms with Gasteiger partial charge in [0.15, 0.2) is 5.58 Å². The number of benzene rings is 1. The van der Waals surface area contributed by atoms with E-state index in [1.165, 1.54) is 6.33 Å². The largest absolute Gasteiger partial charge is 0.423 e. The van der Waals surface area contributed by atoms with E-state index in [0.29, 0.717) is 12.6 Å². The Morgan fingerprint density at radius 3 is 3.05 bits per heavy atom. The van der Waals surface area contributed by atoms with Gasteiger partial charge in [-0.2, -0.15) is 10.1 Å². The Bertz CT molecular complexity index is 706. The highest BCUT2D eigenvalue weighted by Crippen LogP contribution is 2.36. The summed E-state index contributed by atoms with van der Waals surface area (Å²) >= 11 is 0. The molecule has 0 saturated carbocycles. The number of hydrogen-bond acceptors (Lipinski definition) is 6. The van der Waals surface area contributed by atoms with Crippen molar-refractivity contribution in [2.24, 2.45) is 0 Å². The summed E-state index contributed by atoms with van der Waals surface area (Å²) in [6.45, 7) is 0.717. The van der Waals surface area contributed by atoms with Crippen LogP contribution in [0.5, 0.6) is 0 Å². The fourth-order valence-corrected chi connectivity index (χ4v) is 2.80. The van der Waals surface area contributed by atoms with Crippen molar-refractivity contribution in [3.8, 4) is 0 Å². The van der Waals surface area contributed by atoms with Crippen molar-refractivity contribution in [2.45, 2.75) is 18.6 Å². The highest BCUT2D eigenvalue weighted by molar-refractivity contribution is 5.74. The van der Waals surface area contributed by atoms with Gasteiger partial charge in [0.25, 0.3) is 6.01 Å². The molecule has 1 saturated heterocycles. The third-order valence-corrected chi connectivity index (χ3v) is 3.87. The van der Waals surface area contributed by atoms with E-state index in [0.717, 1.165) is 23.3 Å². The molecule has 2 aromatic heterocycles. The predicted octanol–water partition coefficient (Wildman–Crippen LogP) is 1.91. The summed E-state index contributed by atoms with van der Waals surface area (Å²) in [5.74, 6) is 0.803. The molecule has 1 aromatic carbocycles. The van der Waals surface area contributed by atoms with Crippen LogP contribution in [0.2, 0.25) is 0 Å². The van der Waals surface area contributed by atoms with Gasteiger partial charge in [0.05, 0.1) is 12.1 Å². The Morgan fingerprint density at radius 1 is 1.38 bits per heavy atom. The van der Waals surface area contributed by atoms with Crippen LogP contribution in [0.15, 0.2) is 35.0 Å². The number of rotatable bonds is 3. The van der Waals surface area contributed by atoms with Crippen molar-refractivity contribution < 1.29 is 9.15 Å². The van der Waals surface area contributed by atoms with Gasteiger partial charge in [0, 0.05) is 20.1 Å². The SMILES string of the molecule is CO[C@@H]1C[C@@H](c2ncn[nH]2)N(c2nc3ccccc3o2)C1. The van der Waals surface area contributed by atoms with Crippen LogP contribution in [-0.2, 0) is 4.74 Å². The number of fused-ring (bicyclic) bond motifs is 1. The Morgan fingerprint density at radius 2 is 2.29 bits per heavy atom. The van der Waals surface area contributed by atoms with Gasteiger partial charge < -0.3 is 14.1 Å². The third-order valence-electron chi connectivity index (χ3n) is 3.87. The Balaban J connectivity index is 1.73. The van der Waals surface area contributed by atoms with Crippen LogP contribution in [0.25, 0.3) is 11.1 Å². The van der Waals surface area contributed by atoms with Crippen LogP contribution in [-0.4, -0.2) is 39.9 Å². The van der Waals surface area contributed by atoms with Crippen LogP contribution in [0, 0.1) is 0 Å². The van der Waals surface area contributed by atoms with Gasteiger partial charge in [-0.3, -0.25) is 5.10 Å². The number of aromatic nitrogens is 4. The highest BCUT2D eigenvalue weighted by atomic mass is 16.5. The molecule has 0 unspecified atom stereocenters. The average molecular weight is 285 g/mol. The summed E-state index contributed by atoms with van der Waals surface area (Å²) in [6.07, 6.45) is 2.46. The van der Waals surface area contributed by atoms with Crippen molar-refractivity contribution >= 4 is 17.1 Å². The van der Waals surface area contributed by atoms with E-state index in [4.69, 9.17) is 9.15 Å². The predicted molar refractivity (Wildman–Crippen MR) is 75.9 cm³/mol. The second kappa shape index (κ2) is 4.85. The number of H-pyrrole nitrogens is 1. The summed E-state index contributed by atoms with van der Waals surface area (Å²) in [5, 5.41) is 6.86. The maximum atomic E-state index is 5.87. The molecule has 0 spiro atoms. The van der Waals surface area contributed by atoms with Crippen molar-refractivity contribution in [2.75, 3.05) is 18.6 Å². The summed E-state index contributed by atoms with van der Waals surface area (Å²) in [4.78, 5) is 10.9. The van der Waals surface area contributed by atoms with Crippen LogP contribution in [0.3, 0.4) is 0 Å². The zero-order valence-corrected chi connectivity index (χ0v) is 11.6. The van der Waals surface area contributed by atoms with E-state index in [1.54, 1.807) is 7.11 Å². The van der Waals surface area contributed by atoms with Crippen molar-refractivity contribution in [3.05, 3.63) is 36.4 Å². The lowest BCUT2D eigenvalue weighted by Gasteiger charge is -2.19. The summed E-state index contributed by atoms with van der Waals surface area (Å²) in [6, 6.07) is 8.37. The Hall–Kier alpha value is -2.41. The molecule has 7 heteroatoms. The normalized spacial score (nSPS) is 22.2. The van der Waals surface area contributed by atoms with Crippen molar-refractivity contribution in [3.63, 3.8) is 0 Å². The second-order valence-corrected chi connectivity index (χ2v) is 5.10. The minimum Gasteiger partial charge on any atom is -0.423 e. The van der Waals surface area contributed by atoms with Crippen LogP contribution >= 0.6 is 0 Å². The molecule has 0 amide bonds. The minimum absolute atomic E-state index is 0.0329. The Kier molecular flexibility index (Phi) is 2.85. The first-order valence-corrected chi connectivity index (χ1v) is 6.85. The van der Waals surface area contributed by atoms with Crippen LogP contribution in [0.1, 0.15) is 18.3 Å². The fourth-order valence-electron chi connectivity index (χ4n) is 2.80. The molecule has 1 aliphatic rings. The number of methoxy groups -OCH3 is 1. The first-order chi connectivity index (χ1) is 10.3. The average Bonchev–Trinajstić information content (AvgIpc) is 3.24. The van der Waals surface area contributed by atoms with E-state index in [-0.39, 0.29) is 12.1 Å². The van der Waals surface area contributed by atoms with Gasteiger partial charge in [0.1, 0.15) is 17.7 Å². The molecule has 21 heavy (non-hydrogen) atoms. The quantitative estimate of drug-likeness (QED) is 0.792.